The first-order valence-corrected chi connectivity index (χ1v) is 9.25. The smallest absolute Gasteiger partial charge is 0.133 e. The van der Waals surface area contributed by atoms with E-state index >= 15 is 0 Å². The molecule has 0 amide bonds. The summed E-state index contributed by atoms with van der Waals surface area (Å²) >= 11 is 0. The number of nitrogens with zero attached hydrogens (tertiary/aromatic N) is 3. The summed E-state index contributed by atoms with van der Waals surface area (Å²) in [6.07, 6.45) is 4.18. The van der Waals surface area contributed by atoms with Crippen molar-refractivity contribution in [1.82, 2.24) is 9.55 Å². The van der Waals surface area contributed by atoms with Gasteiger partial charge in [0.1, 0.15) is 5.82 Å². The van der Waals surface area contributed by atoms with Crippen molar-refractivity contribution in [3.8, 4) is 0 Å². The average Bonchev–Trinajstić information content (AvgIpc) is 3.00. The minimum Gasteiger partial charge on any atom is -0.380 e. The molecule has 0 saturated heterocycles. The van der Waals surface area contributed by atoms with Crippen LogP contribution in [0.5, 0.6) is 0 Å². The number of hydrogen-bond donors (Lipinski definition) is 0. The van der Waals surface area contributed by atoms with E-state index in [2.05, 4.69) is 70.9 Å². The molecule has 0 aliphatic carbocycles. The summed E-state index contributed by atoms with van der Waals surface area (Å²) in [6.45, 7) is 7.62. The number of hydrogen-bond acceptors (Lipinski definition) is 3. The second-order valence-corrected chi connectivity index (χ2v) is 6.22. The molecule has 4 heteroatoms. The number of ether oxygens (including phenoxy) is 1. The van der Waals surface area contributed by atoms with Crippen molar-refractivity contribution < 1.29 is 4.74 Å². The normalized spacial score (nSPS) is 11.5. The number of aryl methyl sites for hydroxylation is 1. The molecule has 4 nitrogen and oxygen atoms in total. The SMILES string of the molecule is CCOCCN(CC)c1ccc(C=Cc2nc3ccccc3n2C)cc1. The van der Waals surface area contributed by atoms with Crippen LogP contribution in [0.2, 0.25) is 0 Å². The van der Waals surface area contributed by atoms with Gasteiger partial charge in [-0.2, -0.15) is 0 Å². The van der Waals surface area contributed by atoms with E-state index in [0.717, 1.165) is 43.2 Å². The molecule has 3 aromatic rings. The van der Waals surface area contributed by atoms with Crippen LogP contribution in [-0.2, 0) is 11.8 Å². The first kappa shape index (κ1) is 18.2. The Balaban J connectivity index is 1.71. The zero-order valence-electron chi connectivity index (χ0n) is 15.9. The third kappa shape index (κ3) is 4.14. The Morgan fingerprint density at radius 1 is 1.04 bits per heavy atom. The fourth-order valence-corrected chi connectivity index (χ4v) is 3.07. The number of anilines is 1. The van der Waals surface area contributed by atoms with E-state index in [-0.39, 0.29) is 0 Å². The summed E-state index contributed by atoms with van der Waals surface area (Å²) in [5.74, 6) is 0.960. The van der Waals surface area contributed by atoms with Crippen LogP contribution in [0.1, 0.15) is 25.2 Å². The highest BCUT2D eigenvalue weighted by Gasteiger charge is 2.05. The second-order valence-electron chi connectivity index (χ2n) is 6.22. The van der Waals surface area contributed by atoms with E-state index in [1.807, 2.05) is 25.1 Å². The Bertz CT molecular complexity index is 865. The predicted octanol–water partition coefficient (Wildman–Crippen LogP) is 4.61. The molecule has 3 rings (SSSR count). The molecule has 136 valence electrons. The molecule has 0 aliphatic heterocycles. The molecule has 1 heterocycles. The van der Waals surface area contributed by atoms with Crippen molar-refractivity contribution in [1.29, 1.82) is 0 Å². The lowest BCUT2D eigenvalue weighted by molar-refractivity contribution is 0.154. The Hall–Kier alpha value is -2.59. The first-order valence-electron chi connectivity index (χ1n) is 9.25. The van der Waals surface area contributed by atoms with Crippen LogP contribution in [0.3, 0.4) is 0 Å². The number of aromatic nitrogens is 2. The van der Waals surface area contributed by atoms with Crippen LogP contribution in [-0.4, -0.2) is 35.9 Å². The molecule has 0 fully saturated rings. The van der Waals surface area contributed by atoms with Crippen LogP contribution in [0.25, 0.3) is 23.2 Å². The van der Waals surface area contributed by atoms with E-state index in [9.17, 15) is 0 Å². The fraction of sp³-hybridized carbons (Fsp3) is 0.318. The molecule has 0 spiro atoms. The number of imidazole rings is 1. The van der Waals surface area contributed by atoms with Crippen molar-refractivity contribution in [2.75, 3.05) is 31.2 Å². The van der Waals surface area contributed by atoms with Crippen LogP contribution in [0.4, 0.5) is 5.69 Å². The van der Waals surface area contributed by atoms with Crippen LogP contribution < -0.4 is 4.90 Å². The molecule has 0 unspecified atom stereocenters. The lowest BCUT2D eigenvalue weighted by Crippen LogP contribution is -2.27. The topological polar surface area (TPSA) is 30.3 Å². The maximum Gasteiger partial charge on any atom is 0.133 e. The highest BCUT2D eigenvalue weighted by Crippen LogP contribution is 2.18. The predicted molar refractivity (Wildman–Crippen MR) is 110 cm³/mol. The summed E-state index contributed by atoms with van der Waals surface area (Å²) < 4.78 is 7.59. The average molecular weight is 349 g/mol. The van der Waals surface area contributed by atoms with Gasteiger partial charge >= 0.3 is 0 Å². The number of para-hydroxylation sites is 2. The van der Waals surface area contributed by atoms with Gasteiger partial charge in [-0.3, -0.25) is 0 Å². The Labute approximate surface area is 155 Å². The molecule has 0 N–H and O–H groups in total. The molecule has 0 aliphatic rings. The van der Waals surface area contributed by atoms with Gasteiger partial charge in [-0.25, -0.2) is 4.98 Å². The quantitative estimate of drug-likeness (QED) is 0.557. The van der Waals surface area contributed by atoms with E-state index in [4.69, 9.17) is 4.74 Å². The molecule has 0 bridgehead atoms. The van der Waals surface area contributed by atoms with E-state index in [0.29, 0.717) is 0 Å². The molecule has 0 atom stereocenters. The first-order chi connectivity index (χ1) is 12.7. The monoisotopic (exact) mass is 349 g/mol. The summed E-state index contributed by atoms with van der Waals surface area (Å²) in [4.78, 5) is 7.01. The minimum absolute atomic E-state index is 0.763. The standard InChI is InChI=1S/C22H27N3O/c1-4-25(16-17-26-5-2)19-13-10-18(11-14-19)12-15-22-23-20-8-6-7-9-21(20)24(22)3/h6-15H,4-5,16-17H2,1-3H3. The Morgan fingerprint density at radius 3 is 2.50 bits per heavy atom. The van der Waals surface area contributed by atoms with Crippen LogP contribution in [0.15, 0.2) is 48.5 Å². The molecular weight excluding hydrogens is 322 g/mol. The highest BCUT2D eigenvalue weighted by molar-refractivity contribution is 5.79. The van der Waals surface area contributed by atoms with Gasteiger partial charge in [-0.15, -0.1) is 0 Å². The summed E-state index contributed by atoms with van der Waals surface area (Å²) in [5.41, 5.74) is 4.57. The van der Waals surface area contributed by atoms with E-state index in [1.54, 1.807) is 0 Å². The van der Waals surface area contributed by atoms with E-state index < -0.39 is 0 Å². The second kappa shape index (κ2) is 8.68. The number of benzene rings is 2. The summed E-state index contributed by atoms with van der Waals surface area (Å²) in [7, 11) is 2.05. The van der Waals surface area contributed by atoms with Crippen molar-refractivity contribution in [3.05, 3.63) is 59.9 Å². The van der Waals surface area contributed by atoms with Crippen LogP contribution in [0, 0.1) is 0 Å². The van der Waals surface area contributed by atoms with Gasteiger partial charge in [-0.1, -0.05) is 30.3 Å². The van der Waals surface area contributed by atoms with E-state index in [1.165, 1.54) is 11.3 Å². The van der Waals surface area contributed by atoms with Gasteiger partial charge in [0, 0.05) is 32.4 Å². The number of fused-ring (bicyclic) bond motifs is 1. The van der Waals surface area contributed by atoms with Crippen molar-refractivity contribution in [2.24, 2.45) is 7.05 Å². The number of likely N-dealkylation sites (N-methyl/N-ethyl adjacent to an activating group) is 1. The fourth-order valence-electron chi connectivity index (χ4n) is 3.07. The molecule has 0 radical (unpaired) electrons. The minimum atomic E-state index is 0.763. The third-order valence-corrected chi connectivity index (χ3v) is 4.60. The van der Waals surface area contributed by atoms with Gasteiger partial charge in [0.15, 0.2) is 0 Å². The maximum atomic E-state index is 5.47. The molecule has 0 saturated carbocycles. The zero-order valence-corrected chi connectivity index (χ0v) is 15.9. The largest absolute Gasteiger partial charge is 0.380 e. The molecule has 2 aromatic carbocycles. The van der Waals surface area contributed by atoms with Gasteiger partial charge in [0.2, 0.25) is 0 Å². The summed E-state index contributed by atoms with van der Waals surface area (Å²) in [5, 5.41) is 0. The molecular formula is C22H27N3O. The molecule has 1 aromatic heterocycles. The third-order valence-electron chi connectivity index (χ3n) is 4.60. The molecule has 26 heavy (non-hydrogen) atoms. The van der Waals surface area contributed by atoms with Crippen molar-refractivity contribution >= 4 is 28.9 Å². The lowest BCUT2D eigenvalue weighted by atomic mass is 10.2. The van der Waals surface area contributed by atoms with Crippen molar-refractivity contribution in [2.45, 2.75) is 13.8 Å². The lowest BCUT2D eigenvalue weighted by Gasteiger charge is -2.23. The highest BCUT2D eigenvalue weighted by atomic mass is 16.5. The zero-order chi connectivity index (χ0) is 18.4. The number of rotatable bonds is 8. The Morgan fingerprint density at radius 2 is 1.81 bits per heavy atom. The van der Waals surface area contributed by atoms with Gasteiger partial charge in [-0.05, 0) is 49.8 Å². The van der Waals surface area contributed by atoms with Gasteiger partial charge < -0.3 is 14.2 Å². The van der Waals surface area contributed by atoms with Gasteiger partial charge in [0.25, 0.3) is 0 Å². The van der Waals surface area contributed by atoms with Crippen LogP contribution >= 0.6 is 0 Å². The van der Waals surface area contributed by atoms with Gasteiger partial charge in [0.05, 0.1) is 17.6 Å². The maximum absolute atomic E-state index is 5.47. The van der Waals surface area contributed by atoms with Crippen molar-refractivity contribution in [3.63, 3.8) is 0 Å². The Kier molecular flexibility index (Phi) is 6.08. The summed E-state index contributed by atoms with van der Waals surface area (Å²) in [6, 6.07) is 16.8.